The summed E-state index contributed by atoms with van der Waals surface area (Å²) in [6.45, 7) is 6.31. The van der Waals surface area contributed by atoms with Crippen molar-refractivity contribution in [3.05, 3.63) is 0 Å². The molecular formula is C16H28N2O3. The van der Waals surface area contributed by atoms with Crippen LogP contribution in [0.3, 0.4) is 0 Å². The van der Waals surface area contributed by atoms with Gasteiger partial charge in [0.05, 0.1) is 11.8 Å². The lowest BCUT2D eigenvalue weighted by molar-refractivity contribution is -0.148. The topological polar surface area (TPSA) is 69.6 Å². The second kappa shape index (κ2) is 6.77. The highest BCUT2D eigenvalue weighted by atomic mass is 16.4. The minimum Gasteiger partial charge on any atom is -0.481 e. The SMILES string of the molecule is CCC1CC(C(=O)O)C(C(=O)NN2C(C)CCCC2C)C1. The van der Waals surface area contributed by atoms with Crippen LogP contribution in [-0.4, -0.2) is 34.1 Å². The van der Waals surface area contributed by atoms with Crippen molar-refractivity contribution in [1.82, 2.24) is 10.4 Å². The fourth-order valence-electron chi connectivity index (χ4n) is 3.89. The average Bonchev–Trinajstić information content (AvgIpc) is 2.87. The Kier molecular flexibility index (Phi) is 5.25. The van der Waals surface area contributed by atoms with Gasteiger partial charge in [-0.05, 0) is 45.4 Å². The summed E-state index contributed by atoms with van der Waals surface area (Å²) in [6.07, 6.45) is 5.63. The molecule has 0 spiro atoms. The minimum absolute atomic E-state index is 0.0982. The Morgan fingerprint density at radius 2 is 1.71 bits per heavy atom. The van der Waals surface area contributed by atoms with Crippen molar-refractivity contribution in [2.24, 2.45) is 17.8 Å². The minimum atomic E-state index is -0.828. The summed E-state index contributed by atoms with van der Waals surface area (Å²) < 4.78 is 0. The molecule has 1 amide bonds. The molecule has 0 radical (unpaired) electrons. The number of nitrogens with one attached hydrogen (secondary N) is 1. The van der Waals surface area contributed by atoms with Crippen molar-refractivity contribution in [2.45, 2.75) is 71.4 Å². The average molecular weight is 296 g/mol. The number of carboxylic acids is 1. The van der Waals surface area contributed by atoms with Gasteiger partial charge in [-0.15, -0.1) is 0 Å². The number of hydrazine groups is 1. The molecule has 0 aromatic rings. The Morgan fingerprint density at radius 1 is 1.14 bits per heavy atom. The molecule has 2 N–H and O–H groups in total. The zero-order valence-electron chi connectivity index (χ0n) is 13.3. The summed E-state index contributed by atoms with van der Waals surface area (Å²) in [7, 11) is 0. The highest BCUT2D eigenvalue weighted by molar-refractivity contribution is 5.85. The standard InChI is InChI=1S/C16H28N2O3/c1-4-12-8-13(14(9-12)16(20)21)15(19)17-18-10(2)6-5-7-11(18)3/h10-14H,4-9H2,1-3H3,(H,17,19)(H,20,21). The summed E-state index contributed by atoms with van der Waals surface area (Å²) in [5.41, 5.74) is 3.02. The third-order valence-corrected chi connectivity index (χ3v) is 5.32. The van der Waals surface area contributed by atoms with Crippen LogP contribution >= 0.6 is 0 Å². The first kappa shape index (κ1) is 16.3. The van der Waals surface area contributed by atoms with Crippen molar-refractivity contribution < 1.29 is 14.7 Å². The van der Waals surface area contributed by atoms with Crippen molar-refractivity contribution in [1.29, 1.82) is 0 Å². The fourth-order valence-corrected chi connectivity index (χ4v) is 3.89. The molecule has 5 nitrogen and oxygen atoms in total. The molecule has 1 heterocycles. The molecule has 1 aliphatic heterocycles. The summed E-state index contributed by atoms with van der Waals surface area (Å²) in [6, 6.07) is 0.647. The van der Waals surface area contributed by atoms with Gasteiger partial charge in [0, 0.05) is 12.1 Å². The first-order valence-corrected chi connectivity index (χ1v) is 8.25. The third-order valence-electron chi connectivity index (χ3n) is 5.32. The van der Waals surface area contributed by atoms with Gasteiger partial charge in [0.25, 0.3) is 0 Å². The van der Waals surface area contributed by atoms with E-state index < -0.39 is 11.9 Å². The van der Waals surface area contributed by atoms with Crippen LogP contribution in [0.1, 0.15) is 59.3 Å². The Labute approximate surface area is 127 Å². The van der Waals surface area contributed by atoms with Gasteiger partial charge in [-0.25, -0.2) is 5.01 Å². The summed E-state index contributed by atoms with van der Waals surface area (Å²) >= 11 is 0. The van der Waals surface area contributed by atoms with Crippen LogP contribution in [0, 0.1) is 17.8 Å². The summed E-state index contributed by atoms with van der Waals surface area (Å²) in [5.74, 6) is -1.47. The van der Waals surface area contributed by atoms with E-state index in [2.05, 4.69) is 26.2 Å². The van der Waals surface area contributed by atoms with E-state index in [9.17, 15) is 14.7 Å². The van der Waals surface area contributed by atoms with Crippen molar-refractivity contribution >= 4 is 11.9 Å². The van der Waals surface area contributed by atoms with Crippen LogP contribution < -0.4 is 5.43 Å². The lowest BCUT2D eigenvalue weighted by Gasteiger charge is -2.39. The van der Waals surface area contributed by atoms with Gasteiger partial charge >= 0.3 is 5.97 Å². The molecule has 1 saturated heterocycles. The third kappa shape index (κ3) is 3.57. The van der Waals surface area contributed by atoms with Gasteiger partial charge in [-0.3, -0.25) is 15.0 Å². The number of rotatable bonds is 4. The first-order valence-electron chi connectivity index (χ1n) is 8.25. The lowest BCUT2D eigenvalue weighted by atomic mass is 9.95. The second-order valence-corrected chi connectivity index (χ2v) is 6.81. The van der Waals surface area contributed by atoms with E-state index in [1.807, 2.05) is 5.01 Å². The summed E-state index contributed by atoms with van der Waals surface area (Å²) in [4.78, 5) is 24.0. The van der Waals surface area contributed by atoms with Crippen LogP contribution in [-0.2, 0) is 9.59 Å². The fraction of sp³-hybridized carbons (Fsp3) is 0.875. The Bertz CT molecular complexity index is 389. The molecule has 5 atom stereocenters. The maximum atomic E-state index is 12.6. The van der Waals surface area contributed by atoms with Crippen LogP contribution in [0.5, 0.6) is 0 Å². The summed E-state index contributed by atoms with van der Waals surface area (Å²) in [5, 5.41) is 11.4. The molecule has 2 fully saturated rings. The highest BCUT2D eigenvalue weighted by Crippen LogP contribution is 2.38. The number of amides is 1. The molecule has 120 valence electrons. The molecule has 1 aliphatic carbocycles. The van der Waals surface area contributed by atoms with E-state index >= 15 is 0 Å². The normalized spacial score (nSPS) is 37.4. The number of carboxylic acid groups (broad SMARTS) is 1. The monoisotopic (exact) mass is 296 g/mol. The van der Waals surface area contributed by atoms with Crippen LogP contribution in [0.25, 0.3) is 0 Å². The van der Waals surface area contributed by atoms with Gasteiger partial charge in [-0.1, -0.05) is 19.8 Å². The maximum Gasteiger partial charge on any atom is 0.307 e. The predicted molar refractivity (Wildman–Crippen MR) is 80.4 cm³/mol. The van der Waals surface area contributed by atoms with Crippen LogP contribution in [0.2, 0.25) is 0 Å². The molecule has 5 heteroatoms. The lowest BCUT2D eigenvalue weighted by Crippen LogP contribution is -2.55. The van der Waals surface area contributed by atoms with Gasteiger partial charge in [0.1, 0.15) is 0 Å². The highest BCUT2D eigenvalue weighted by Gasteiger charge is 2.43. The number of hydrogen-bond acceptors (Lipinski definition) is 3. The number of carbonyl (C=O) groups is 2. The molecule has 1 saturated carbocycles. The Balaban J connectivity index is 2.02. The number of carbonyl (C=O) groups excluding carboxylic acids is 1. The van der Waals surface area contributed by atoms with E-state index in [-0.39, 0.29) is 11.8 Å². The van der Waals surface area contributed by atoms with Crippen LogP contribution in [0.4, 0.5) is 0 Å². The van der Waals surface area contributed by atoms with E-state index in [0.717, 1.165) is 19.3 Å². The van der Waals surface area contributed by atoms with Gasteiger partial charge < -0.3 is 5.11 Å². The van der Waals surface area contributed by atoms with E-state index in [1.54, 1.807) is 0 Å². The van der Waals surface area contributed by atoms with Crippen molar-refractivity contribution in [3.63, 3.8) is 0 Å². The zero-order chi connectivity index (χ0) is 15.6. The maximum absolute atomic E-state index is 12.6. The number of piperidine rings is 1. The number of aliphatic carboxylic acids is 1. The molecule has 0 bridgehead atoms. The number of nitrogens with zero attached hydrogens (tertiary/aromatic N) is 1. The predicted octanol–water partition coefficient (Wildman–Crippen LogP) is 2.42. The van der Waals surface area contributed by atoms with Gasteiger partial charge in [0.2, 0.25) is 5.91 Å². The molecule has 2 rings (SSSR count). The van der Waals surface area contributed by atoms with Crippen LogP contribution in [0.15, 0.2) is 0 Å². The molecular weight excluding hydrogens is 268 g/mol. The molecule has 2 aliphatic rings. The van der Waals surface area contributed by atoms with Crippen molar-refractivity contribution in [2.75, 3.05) is 0 Å². The molecule has 21 heavy (non-hydrogen) atoms. The number of hydrogen-bond donors (Lipinski definition) is 2. The van der Waals surface area contributed by atoms with Gasteiger partial charge in [0.15, 0.2) is 0 Å². The quantitative estimate of drug-likeness (QED) is 0.836. The smallest absolute Gasteiger partial charge is 0.307 e. The molecule has 0 aromatic carbocycles. The Morgan fingerprint density at radius 3 is 2.24 bits per heavy atom. The molecule has 5 unspecified atom stereocenters. The van der Waals surface area contributed by atoms with E-state index in [1.165, 1.54) is 6.42 Å². The second-order valence-electron chi connectivity index (χ2n) is 6.81. The van der Waals surface area contributed by atoms with E-state index in [4.69, 9.17) is 0 Å². The molecule has 0 aromatic heterocycles. The Hall–Kier alpha value is -1.10. The van der Waals surface area contributed by atoms with E-state index in [0.29, 0.717) is 30.8 Å². The van der Waals surface area contributed by atoms with Gasteiger partial charge in [-0.2, -0.15) is 0 Å². The first-order chi connectivity index (χ1) is 9.93. The largest absolute Gasteiger partial charge is 0.481 e. The zero-order valence-corrected chi connectivity index (χ0v) is 13.3. The van der Waals surface area contributed by atoms with Crippen molar-refractivity contribution in [3.8, 4) is 0 Å².